The molecule has 0 spiro atoms. The minimum absolute atomic E-state index is 0.0360. The van der Waals surface area contributed by atoms with Gasteiger partial charge in [0.2, 0.25) is 11.8 Å². The highest BCUT2D eigenvalue weighted by Crippen LogP contribution is 2.24. The summed E-state index contributed by atoms with van der Waals surface area (Å²) in [6.45, 7) is 4.16. The van der Waals surface area contributed by atoms with Crippen molar-refractivity contribution in [3.63, 3.8) is 0 Å². The number of benzene rings is 1. The molecule has 0 radical (unpaired) electrons. The van der Waals surface area contributed by atoms with E-state index in [4.69, 9.17) is 4.74 Å². The average Bonchev–Trinajstić information content (AvgIpc) is 2.64. The third-order valence-electron chi connectivity index (χ3n) is 5.39. The number of hydrogen-bond acceptors (Lipinski definition) is 3. The number of rotatable bonds is 4. The van der Waals surface area contributed by atoms with Crippen molar-refractivity contribution in [2.24, 2.45) is 0 Å². The zero-order valence-corrected chi connectivity index (χ0v) is 15.3. The van der Waals surface area contributed by atoms with Crippen molar-refractivity contribution >= 4 is 11.8 Å². The summed E-state index contributed by atoms with van der Waals surface area (Å²) in [6, 6.07) is 6.62. The molecule has 3 rings (SSSR count). The lowest BCUT2D eigenvalue weighted by molar-refractivity contribution is -0.142. The van der Waals surface area contributed by atoms with Gasteiger partial charge in [-0.15, -0.1) is 0 Å². The third kappa shape index (κ3) is 4.41. The van der Waals surface area contributed by atoms with E-state index in [1.807, 2.05) is 4.90 Å². The monoisotopic (exact) mass is 362 g/mol. The number of likely N-dealkylation sites (tertiary alicyclic amines) is 1. The number of amides is 2. The quantitative estimate of drug-likeness (QED) is 0.826. The summed E-state index contributed by atoms with van der Waals surface area (Å²) >= 11 is 0. The van der Waals surface area contributed by atoms with Crippen molar-refractivity contribution in [3.8, 4) is 0 Å². The van der Waals surface area contributed by atoms with E-state index in [2.05, 4.69) is 0 Å². The molecule has 0 aliphatic carbocycles. The topological polar surface area (TPSA) is 49.9 Å². The van der Waals surface area contributed by atoms with Gasteiger partial charge in [-0.05, 0) is 37.3 Å². The first-order chi connectivity index (χ1) is 12.6. The van der Waals surface area contributed by atoms with Crippen molar-refractivity contribution in [2.45, 2.75) is 51.1 Å². The zero-order chi connectivity index (χ0) is 18.5. The van der Waals surface area contributed by atoms with Gasteiger partial charge in [0.15, 0.2) is 0 Å². The molecule has 0 saturated carbocycles. The number of nitrogens with zero attached hydrogens (tertiary/aromatic N) is 2. The fourth-order valence-electron chi connectivity index (χ4n) is 4.10. The molecule has 2 aliphatic rings. The number of carbonyl (C=O) groups excluding carboxylic acids is 2. The highest BCUT2D eigenvalue weighted by Gasteiger charge is 2.34. The van der Waals surface area contributed by atoms with Crippen LogP contribution in [0.25, 0.3) is 0 Å². The summed E-state index contributed by atoms with van der Waals surface area (Å²) in [5.74, 6) is -0.359. The van der Waals surface area contributed by atoms with Crippen LogP contribution in [0.5, 0.6) is 0 Å². The molecule has 2 amide bonds. The van der Waals surface area contributed by atoms with Gasteiger partial charge < -0.3 is 14.5 Å². The predicted molar refractivity (Wildman–Crippen MR) is 96.1 cm³/mol. The number of halogens is 1. The summed E-state index contributed by atoms with van der Waals surface area (Å²) in [6.07, 6.45) is 3.52. The molecule has 1 atom stereocenters. The van der Waals surface area contributed by atoms with Crippen molar-refractivity contribution < 1.29 is 18.7 Å². The van der Waals surface area contributed by atoms with Crippen LogP contribution in [0.15, 0.2) is 24.3 Å². The van der Waals surface area contributed by atoms with Gasteiger partial charge in [-0.2, -0.15) is 0 Å². The SMILES string of the molecule is CC(=O)N(C1CCOCC1)C1CCCN(C(=O)Cc2ccccc2F)C1. The Labute approximate surface area is 154 Å². The number of carbonyl (C=O) groups is 2. The van der Waals surface area contributed by atoms with Gasteiger partial charge >= 0.3 is 0 Å². The second-order valence-corrected chi connectivity index (χ2v) is 7.17. The number of piperidine rings is 1. The first-order valence-electron chi connectivity index (χ1n) is 9.44. The fourth-order valence-corrected chi connectivity index (χ4v) is 4.10. The van der Waals surface area contributed by atoms with Crippen molar-refractivity contribution in [1.82, 2.24) is 9.80 Å². The first-order valence-corrected chi connectivity index (χ1v) is 9.44. The lowest BCUT2D eigenvalue weighted by atomic mass is 9.98. The van der Waals surface area contributed by atoms with Crippen LogP contribution in [-0.4, -0.2) is 60.0 Å². The molecule has 1 aromatic rings. The Hall–Kier alpha value is -1.95. The maximum Gasteiger partial charge on any atom is 0.227 e. The van der Waals surface area contributed by atoms with Crippen LogP contribution in [0.1, 0.15) is 38.2 Å². The number of hydrogen-bond donors (Lipinski definition) is 0. The van der Waals surface area contributed by atoms with E-state index in [-0.39, 0.29) is 36.1 Å². The lowest BCUT2D eigenvalue weighted by Crippen LogP contribution is -2.55. The lowest BCUT2D eigenvalue weighted by Gasteiger charge is -2.44. The van der Waals surface area contributed by atoms with Gasteiger partial charge in [0, 0.05) is 45.3 Å². The van der Waals surface area contributed by atoms with E-state index in [0.29, 0.717) is 31.9 Å². The van der Waals surface area contributed by atoms with Gasteiger partial charge in [-0.3, -0.25) is 9.59 Å². The van der Waals surface area contributed by atoms with Crippen LogP contribution in [0, 0.1) is 5.82 Å². The normalized spacial score (nSPS) is 21.5. The van der Waals surface area contributed by atoms with E-state index in [1.165, 1.54) is 6.07 Å². The highest BCUT2D eigenvalue weighted by molar-refractivity contribution is 5.79. The summed E-state index contributed by atoms with van der Waals surface area (Å²) in [5.41, 5.74) is 0.424. The Morgan fingerprint density at radius 1 is 1.19 bits per heavy atom. The van der Waals surface area contributed by atoms with Crippen molar-refractivity contribution in [2.75, 3.05) is 26.3 Å². The molecule has 26 heavy (non-hydrogen) atoms. The van der Waals surface area contributed by atoms with Crippen LogP contribution in [0.4, 0.5) is 4.39 Å². The predicted octanol–water partition coefficient (Wildman–Crippen LogP) is 2.39. The van der Waals surface area contributed by atoms with Crippen molar-refractivity contribution in [1.29, 1.82) is 0 Å². The maximum absolute atomic E-state index is 13.8. The molecule has 142 valence electrons. The van der Waals surface area contributed by atoms with Gasteiger partial charge in [0.1, 0.15) is 5.82 Å². The van der Waals surface area contributed by atoms with Crippen LogP contribution < -0.4 is 0 Å². The standard InChI is InChI=1S/C20H27FN2O3/c1-15(24)23(17-8-11-26-12-9-17)18-6-4-10-22(14-18)20(25)13-16-5-2-3-7-19(16)21/h2-3,5,7,17-18H,4,6,8-14H2,1H3. The van der Waals surface area contributed by atoms with Crippen LogP contribution >= 0.6 is 0 Å². The summed E-state index contributed by atoms with van der Waals surface area (Å²) in [4.78, 5) is 28.7. The molecule has 1 unspecified atom stereocenters. The van der Waals surface area contributed by atoms with E-state index < -0.39 is 0 Å². The smallest absolute Gasteiger partial charge is 0.227 e. The Kier molecular flexibility index (Phi) is 6.25. The number of ether oxygens (including phenoxy) is 1. The molecule has 6 heteroatoms. The highest BCUT2D eigenvalue weighted by atomic mass is 19.1. The van der Waals surface area contributed by atoms with Gasteiger partial charge in [0.05, 0.1) is 6.42 Å². The molecular weight excluding hydrogens is 335 g/mol. The van der Waals surface area contributed by atoms with Crippen LogP contribution in [0.2, 0.25) is 0 Å². The largest absolute Gasteiger partial charge is 0.381 e. The molecular formula is C20H27FN2O3. The van der Waals surface area contributed by atoms with E-state index in [1.54, 1.807) is 30.0 Å². The molecule has 1 aromatic carbocycles. The summed E-state index contributed by atoms with van der Waals surface area (Å²) < 4.78 is 19.3. The second kappa shape index (κ2) is 8.62. The molecule has 5 nitrogen and oxygen atoms in total. The summed E-state index contributed by atoms with van der Waals surface area (Å²) in [5, 5.41) is 0. The molecule has 2 heterocycles. The Morgan fingerprint density at radius 2 is 1.92 bits per heavy atom. The van der Waals surface area contributed by atoms with Crippen LogP contribution in [0.3, 0.4) is 0 Å². The third-order valence-corrected chi connectivity index (χ3v) is 5.39. The molecule has 2 fully saturated rings. The second-order valence-electron chi connectivity index (χ2n) is 7.17. The molecule has 0 aromatic heterocycles. The summed E-state index contributed by atoms with van der Waals surface area (Å²) in [7, 11) is 0. The Morgan fingerprint density at radius 3 is 2.62 bits per heavy atom. The van der Waals surface area contributed by atoms with Crippen molar-refractivity contribution in [3.05, 3.63) is 35.6 Å². The minimum atomic E-state index is -0.345. The maximum atomic E-state index is 13.8. The molecule has 2 aliphatic heterocycles. The minimum Gasteiger partial charge on any atom is -0.381 e. The van der Waals surface area contributed by atoms with Gasteiger partial charge in [0.25, 0.3) is 0 Å². The zero-order valence-electron chi connectivity index (χ0n) is 15.3. The average molecular weight is 362 g/mol. The van der Waals surface area contributed by atoms with Gasteiger partial charge in [-0.1, -0.05) is 18.2 Å². The van der Waals surface area contributed by atoms with E-state index in [0.717, 1.165) is 25.7 Å². The van der Waals surface area contributed by atoms with Crippen LogP contribution in [-0.2, 0) is 20.7 Å². The van der Waals surface area contributed by atoms with E-state index in [9.17, 15) is 14.0 Å². The molecule has 2 saturated heterocycles. The van der Waals surface area contributed by atoms with Gasteiger partial charge in [-0.25, -0.2) is 4.39 Å². The van der Waals surface area contributed by atoms with E-state index >= 15 is 0 Å². The molecule has 0 bridgehead atoms. The Bertz CT molecular complexity index is 646. The Balaban J connectivity index is 1.66. The molecule has 0 N–H and O–H groups in total. The fraction of sp³-hybridized carbons (Fsp3) is 0.600. The first kappa shape index (κ1) is 18.8.